The molecule has 0 aliphatic heterocycles. The number of ether oxygens (including phenoxy) is 1. The summed E-state index contributed by atoms with van der Waals surface area (Å²) < 4.78 is 5.78. The molecule has 0 unspecified atom stereocenters. The summed E-state index contributed by atoms with van der Waals surface area (Å²) in [5.74, 6) is 1.59. The third-order valence-corrected chi connectivity index (χ3v) is 4.20. The molecule has 0 bridgehead atoms. The molecule has 1 heterocycles. The van der Waals surface area contributed by atoms with Crippen LogP contribution in [-0.2, 0) is 6.54 Å². The maximum Gasteiger partial charge on any atom is 0.218 e. The van der Waals surface area contributed by atoms with Crippen LogP contribution < -0.4 is 15.4 Å². The van der Waals surface area contributed by atoms with Gasteiger partial charge in [-0.15, -0.1) is 24.0 Å². The minimum atomic E-state index is 0. The Morgan fingerprint density at radius 2 is 2.12 bits per heavy atom. The number of nitrogens with one attached hydrogen (secondary N) is 2. The summed E-state index contributed by atoms with van der Waals surface area (Å²) in [6.45, 7) is 3.54. The number of pyridine rings is 1. The van der Waals surface area contributed by atoms with Crippen LogP contribution in [-0.4, -0.2) is 30.6 Å². The summed E-state index contributed by atoms with van der Waals surface area (Å²) in [5.41, 5.74) is 1.06. The summed E-state index contributed by atoms with van der Waals surface area (Å²) in [6, 6.07) is 4.54. The van der Waals surface area contributed by atoms with Crippen molar-refractivity contribution in [3.63, 3.8) is 0 Å². The van der Waals surface area contributed by atoms with Crippen molar-refractivity contribution in [2.45, 2.75) is 64.5 Å². The van der Waals surface area contributed by atoms with E-state index in [4.69, 9.17) is 4.74 Å². The van der Waals surface area contributed by atoms with Gasteiger partial charge >= 0.3 is 0 Å². The third-order valence-electron chi connectivity index (χ3n) is 4.20. The highest BCUT2D eigenvalue weighted by atomic mass is 127. The van der Waals surface area contributed by atoms with Crippen molar-refractivity contribution in [2.24, 2.45) is 4.99 Å². The number of aliphatic imine (C=N–C) groups is 1. The van der Waals surface area contributed by atoms with Gasteiger partial charge < -0.3 is 15.4 Å². The number of nitrogens with zero attached hydrogens (tertiary/aromatic N) is 2. The van der Waals surface area contributed by atoms with E-state index in [1.54, 1.807) is 6.20 Å². The second kappa shape index (κ2) is 12.3. The molecule has 1 fully saturated rings. The zero-order valence-corrected chi connectivity index (χ0v) is 17.2. The van der Waals surface area contributed by atoms with Crippen molar-refractivity contribution in [1.29, 1.82) is 0 Å². The number of hydrogen-bond acceptors (Lipinski definition) is 3. The van der Waals surface area contributed by atoms with Gasteiger partial charge in [0.15, 0.2) is 5.96 Å². The maximum atomic E-state index is 5.78. The number of halogens is 1. The van der Waals surface area contributed by atoms with Crippen molar-refractivity contribution < 1.29 is 4.74 Å². The highest BCUT2D eigenvalue weighted by Gasteiger charge is 2.14. The molecular formula is C18H31IN4O. The Hall–Kier alpha value is -1.05. The topological polar surface area (TPSA) is 58.5 Å². The molecule has 136 valence electrons. The van der Waals surface area contributed by atoms with Crippen LogP contribution in [0.25, 0.3) is 0 Å². The van der Waals surface area contributed by atoms with Crippen molar-refractivity contribution in [3.05, 3.63) is 23.9 Å². The van der Waals surface area contributed by atoms with Gasteiger partial charge in [0, 0.05) is 31.4 Å². The molecule has 6 heteroatoms. The zero-order chi connectivity index (χ0) is 16.3. The van der Waals surface area contributed by atoms with E-state index in [1.165, 1.54) is 32.1 Å². The average molecular weight is 446 g/mol. The van der Waals surface area contributed by atoms with Gasteiger partial charge in [-0.1, -0.05) is 38.7 Å². The predicted molar refractivity (Wildman–Crippen MR) is 110 cm³/mol. The first-order valence-electron chi connectivity index (χ1n) is 8.87. The van der Waals surface area contributed by atoms with E-state index < -0.39 is 0 Å². The van der Waals surface area contributed by atoms with Crippen LogP contribution in [0.15, 0.2) is 23.3 Å². The summed E-state index contributed by atoms with van der Waals surface area (Å²) in [5, 5.41) is 6.91. The summed E-state index contributed by atoms with van der Waals surface area (Å²) in [6.07, 6.45) is 10.4. The lowest BCUT2D eigenvalue weighted by molar-refractivity contribution is 0.294. The van der Waals surface area contributed by atoms with Gasteiger partial charge in [0.2, 0.25) is 5.88 Å². The first-order chi connectivity index (χ1) is 11.3. The first-order valence-corrected chi connectivity index (χ1v) is 8.87. The molecule has 1 aromatic heterocycles. The molecule has 2 N–H and O–H groups in total. The molecule has 1 aliphatic rings. The molecule has 0 radical (unpaired) electrons. The van der Waals surface area contributed by atoms with Gasteiger partial charge in [0.1, 0.15) is 0 Å². The number of aromatic nitrogens is 1. The molecule has 1 aromatic rings. The van der Waals surface area contributed by atoms with Gasteiger partial charge in [-0.05, 0) is 25.3 Å². The molecule has 1 aliphatic carbocycles. The van der Waals surface area contributed by atoms with E-state index in [9.17, 15) is 0 Å². The smallest absolute Gasteiger partial charge is 0.218 e. The summed E-state index contributed by atoms with van der Waals surface area (Å²) >= 11 is 0. The molecule has 1 saturated carbocycles. The lowest BCUT2D eigenvalue weighted by Gasteiger charge is -2.25. The fourth-order valence-corrected chi connectivity index (χ4v) is 2.82. The Morgan fingerprint density at radius 1 is 1.33 bits per heavy atom. The molecule has 2 rings (SSSR count). The van der Waals surface area contributed by atoms with Crippen LogP contribution in [0.1, 0.15) is 57.4 Å². The molecule has 24 heavy (non-hydrogen) atoms. The Morgan fingerprint density at radius 3 is 2.83 bits per heavy atom. The predicted octanol–water partition coefficient (Wildman–Crippen LogP) is 3.88. The Balaban J connectivity index is 0.00000288. The van der Waals surface area contributed by atoms with E-state index in [0.29, 0.717) is 12.6 Å². The van der Waals surface area contributed by atoms with Crippen LogP contribution in [0.4, 0.5) is 0 Å². The minimum Gasteiger partial charge on any atom is -0.477 e. The van der Waals surface area contributed by atoms with Crippen LogP contribution in [0.2, 0.25) is 0 Å². The largest absolute Gasteiger partial charge is 0.477 e. The van der Waals surface area contributed by atoms with Crippen LogP contribution in [0.5, 0.6) is 5.88 Å². The number of rotatable bonds is 7. The van der Waals surface area contributed by atoms with E-state index >= 15 is 0 Å². The minimum absolute atomic E-state index is 0. The first kappa shape index (κ1) is 21.0. The number of unbranched alkanes of at least 4 members (excludes halogenated alkanes) is 1. The maximum absolute atomic E-state index is 5.78. The second-order valence-corrected chi connectivity index (χ2v) is 6.07. The van der Waals surface area contributed by atoms with Crippen molar-refractivity contribution >= 4 is 29.9 Å². The molecule has 0 atom stereocenters. The van der Waals surface area contributed by atoms with Crippen molar-refractivity contribution in [1.82, 2.24) is 15.6 Å². The Labute approximate surface area is 163 Å². The van der Waals surface area contributed by atoms with Crippen LogP contribution in [0, 0.1) is 0 Å². The van der Waals surface area contributed by atoms with Crippen LogP contribution >= 0.6 is 24.0 Å². The van der Waals surface area contributed by atoms with Gasteiger partial charge in [0.25, 0.3) is 0 Å². The van der Waals surface area contributed by atoms with Crippen molar-refractivity contribution in [3.8, 4) is 5.88 Å². The fourth-order valence-electron chi connectivity index (χ4n) is 2.82. The average Bonchev–Trinajstić information content (AvgIpc) is 2.60. The molecule has 0 spiro atoms. The standard InChI is InChI=1S/C18H30N4O.HI/c1-3-4-13-23-17-15(9-8-12-20-17)14-21-18(19-2)22-16-10-6-5-7-11-16;/h8-9,12,16H,3-7,10-11,13-14H2,1-2H3,(H2,19,21,22);1H. The van der Waals surface area contributed by atoms with Crippen molar-refractivity contribution in [2.75, 3.05) is 13.7 Å². The number of hydrogen-bond donors (Lipinski definition) is 2. The highest BCUT2D eigenvalue weighted by molar-refractivity contribution is 14.0. The van der Waals surface area contributed by atoms with E-state index in [0.717, 1.165) is 36.9 Å². The lowest BCUT2D eigenvalue weighted by Crippen LogP contribution is -2.43. The number of guanidine groups is 1. The monoisotopic (exact) mass is 446 g/mol. The summed E-state index contributed by atoms with van der Waals surface area (Å²) in [4.78, 5) is 8.68. The highest BCUT2D eigenvalue weighted by Crippen LogP contribution is 2.17. The Kier molecular flexibility index (Phi) is 10.8. The lowest BCUT2D eigenvalue weighted by atomic mass is 9.96. The van der Waals surface area contributed by atoms with E-state index in [2.05, 4.69) is 33.6 Å². The van der Waals surface area contributed by atoms with E-state index in [1.807, 2.05) is 13.1 Å². The second-order valence-electron chi connectivity index (χ2n) is 6.07. The SMILES string of the molecule is CCCCOc1ncccc1CNC(=NC)NC1CCCCC1.I. The summed E-state index contributed by atoms with van der Waals surface area (Å²) in [7, 11) is 1.82. The van der Waals surface area contributed by atoms with Gasteiger partial charge in [-0.3, -0.25) is 4.99 Å². The molecule has 0 saturated heterocycles. The molecule has 5 nitrogen and oxygen atoms in total. The molecule has 0 amide bonds. The quantitative estimate of drug-likeness (QED) is 0.289. The fraction of sp³-hybridized carbons (Fsp3) is 0.667. The van der Waals surface area contributed by atoms with E-state index in [-0.39, 0.29) is 24.0 Å². The Bertz CT molecular complexity index is 490. The van der Waals surface area contributed by atoms with Gasteiger partial charge in [0.05, 0.1) is 6.61 Å². The zero-order valence-electron chi connectivity index (χ0n) is 14.9. The van der Waals surface area contributed by atoms with Gasteiger partial charge in [-0.25, -0.2) is 4.98 Å². The molecule has 0 aromatic carbocycles. The van der Waals surface area contributed by atoms with Crippen LogP contribution in [0.3, 0.4) is 0 Å². The molecular weight excluding hydrogens is 415 g/mol. The van der Waals surface area contributed by atoms with Gasteiger partial charge in [-0.2, -0.15) is 0 Å². The normalized spacial score (nSPS) is 15.5. The third kappa shape index (κ3) is 7.23.